The lowest BCUT2D eigenvalue weighted by molar-refractivity contribution is -0.134. The molecule has 8 rings (SSSR count). The molecular formula is C43H48ClFN10O4S. The van der Waals surface area contributed by atoms with E-state index in [2.05, 4.69) is 46.8 Å². The Morgan fingerprint density at radius 3 is 2.28 bits per heavy atom. The standard InChI is InChI=1S/C43H48ClFN10O4S/c1-3-51(2)60(58,59)50-38-25-32(44)24-36(41(38)45)37-28-55(49-42(37)30-12-16-46-17-13-30)34-7-5-33(6-8-34)53-22-20-52(21-23-53)27-29-14-18-54(19-15-29)39-10-4-31(26-47-39)35-9-11-40(56)48-43(35)57/h4-8,10,12-13,16-17,24-26,28-29,35,50H,3,9,11,14-15,18-23,27H2,1-2H3,(H,48,56,57). The van der Waals surface area contributed by atoms with Crippen molar-refractivity contribution in [2.75, 3.05) is 73.9 Å². The molecule has 5 aromatic rings. The number of hydrogen-bond donors (Lipinski definition) is 2. The van der Waals surface area contributed by atoms with Gasteiger partial charge in [-0.25, -0.2) is 14.1 Å². The van der Waals surface area contributed by atoms with Crippen LogP contribution in [0.25, 0.3) is 28.1 Å². The number of carbonyl (C=O) groups is 2. The summed E-state index contributed by atoms with van der Waals surface area (Å²) >= 11 is 6.46. The highest BCUT2D eigenvalue weighted by Crippen LogP contribution is 2.38. The van der Waals surface area contributed by atoms with Crippen LogP contribution in [0, 0.1) is 11.7 Å². The Kier molecular flexibility index (Phi) is 12.2. The molecule has 0 bridgehead atoms. The first-order valence-corrected chi connectivity index (χ1v) is 22.1. The van der Waals surface area contributed by atoms with E-state index in [0.717, 1.165) is 85.7 Å². The zero-order valence-corrected chi connectivity index (χ0v) is 35.2. The Morgan fingerprint density at radius 1 is 0.900 bits per heavy atom. The fraction of sp³-hybridized carbons (Fsp3) is 0.372. The third kappa shape index (κ3) is 9.01. The molecule has 2 N–H and O–H groups in total. The molecule has 2 amide bonds. The topological polar surface area (TPSA) is 149 Å². The number of piperidine rings is 2. The molecule has 14 nitrogen and oxygen atoms in total. The number of pyridine rings is 2. The van der Waals surface area contributed by atoms with Crippen LogP contribution in [0.2, 0.25) is 5.02 Å². The van der Waals surface area contributed by atoms with Crippen molar-refractivity contribution in [3.63, 3.8) is 0 Å². The summed E-state index contributed by atoms with van der Waals surface area (Å²) in [5, 5.41) is 7.48. The van der Waals surface area contributed by atoms with Crippen molar-refractivity contribution in [3.8, 4) is 28.1 Å². The second kappa shape index (κ2) is 17.7. The highest BCUT2D eigenvalue weighted by Gasteiger charge is 2.30. The van der Waals surface area contributed by atoms with Crippen LogP contribution >= 0.6 is 11.6 Å². The maximum Gasteiger partial charge on any atom is 0.301 e. The van der Waals surface area contributed by atoms with E-state index in [0.29, 0.717) is 35.6 Å². The smallest absolute Gasteiger partial charge is 0.301 e. The summed E-state index contributed by atoms with van der Waals surface area (Å²) in [6, 6.07) is 18.4. The van der Waals surface area contributed by atoms with Crippen LogP contribution in [-0.2, 0) is 19.8 Å². The summed E-state index contributed by atoms with van der Waals surface area (Å²) in [4.78, 5) is 39.9. The number of hydrogen-bond acceptors (Lipinski definition) is 10. The van der Waals surface area contributed by atoms with Crippen LogP contribution in [0.15, 0.2) is 85.5 Å². The summed E-state index contributed by atoms with van der Waals surface area (Å²) in [7, 11) is -2.60. The van der Waals surface area contributed by atoms with Crippen LogP contribution in [0.4, 0.5) is 21.6 Å². The number of piperazine rings is 1. The third-order valence-corrected chi connectivity index (χ3v) is 13.6. The molecule has 2 aromatic carbocycles. The van der Waals surface area contributed by atoms with E-state index in [1.807, 2.05) is 24.3 Å². The lowest BCUT2D eigenvalue weighted by Gasteiger charge is -2.40. The molecule has 3 aliphatic rings. The highest BCUT2D eigenvalue weighted by molar-refractivity contribution is 7.90. The van der Waals surface area contributed by atoms with Gasteiger partial charge in [0.15, 0.2) is 5.82 Å². The predicted molar refractivity (Wildman–Crippen MR) is 231 cm³/mol. The van der Waals surface area contributed by atoms with Crippen molar-refractivity contribution in [2.45, 2.75) is 38.5 Å². The normalized spacial score (nSPS) is 18.2. The monoisotopic (exact) mass is 854 g/mol. The molecule has 314 valence electrons. The van der Waals surface area contributed by atoms with E-state index < -0.39 is 16.0 Å². The van der Waals surface area contributed by atoms with Gasteiger partial charge < -0.3 is 9.80 Å². The van der Waals surface area contributed by atoms with Gasteiger partial charge in [0.05, 0.1) is 17.3 Å². The van der Waals surface area contributed by atoms with Crippen molar-refractivity contribution in [1.29, 1.82) is 0 Å². The lowest BCUT2D eigenvalue weighted by Crippen LogP contribution is -2.49. The number of benzene rings is 2. The van der Waals surface area contributed by atoms with Gasteiger partial charge in [-0.05, 0) is 85.3 Å². The van der Waals surface area contributed by atoms with Gasteiger partial charge in [0.1, 0.15) is 11.5 Å². The first-order valence-electron chi connectivity index (χ1n) is 20.3. The van der Waals surface area contributed by atoms with Crippen molar-refractivity contribution >= 4 is 50.8 Å². The Labute approximate surface area is 354 Å². The summed E-state index contributed by atoms with van der Waals surface area (Å²) in [5.74, 6) is 0.00210. The van der Waals surface area contributed by atoms with E-state index in [4.69, 9.17) is 16.7 Å². The number of halogens is 2. The maximum atomic E-state index is 16.2. The Hall–Kier alpha value is -5.42. The minimum Gasteiger partial charge on any atom is -0.369 e. The zero-order chi connectivity index (χ0) is 42.0. The van der Waals surface area contributed by atoms with Crippen LogP contribution in [0.1, 0.15) is 44.1 Å². The molecule has 17 heteroatoms. The number of nitrogens with zero attached hydrogens (tertiary/aromatic N) is 8. The molecule has 1 unspecified atom stereocenters. The number of nitrogens with one attached hydrogen (secondary N) is 2. The Balaban J connectivity index is 0.889. The zero-order valence-electron chi connectivity index (χ0n) is 33.6. The number of rotatable bonds is 12. The third-order valence-electron chi connectivity index (χ3n) is 11.8. The van der Waals surface area contributed by atoms with Gasteiger partial charge in [0.25, 0.3) is 0 Å². The summed E-state index contributed by atoms with van der Waals surface area (Å²) in [6.07, 6.45) is 9.85. The van der Waals surface area contributed by atoms with E-state index in [-0.39, 0.29) is 40.6 Å². The molecular weight excluding hydrogens is 807 g/mol. The summed E-state index contributed by atoms with van der Waals surface area (Å²) in [5.41, 5.74) is 4.22. The predicted octanol–water partition coefficient (Wildman–Crippen LogP) is 5.96. The maximum absolute atomic E-state index is 16.2. The number of carbonyl (C=O) groups excluding carboxylic acids is 2. The average molecular weight is 855 g/mol. The van der Waals surface area contributed by atoms with Crippen LogP contribution in [-0.4, -0.2) is 109 Å². The summed E-state index contributed by atoms with van der Waals surface area (Å²) in [6.45, 7) is 8.61. The van der Waals surface area contributed by atoms with E-state index in [9.17, 15) is 18.0 Å². The largest absolute Gasteiger partial charge is 0.369 e. The van der Waals surface area contributed by atoms with Gasteiger partial charge >= 0.3 is 10.2 Å². The minimum atomic E-state index is -4.01. The SMILES string of the molecule is CCN(C)S(=O)(=O)Nc1cc(Cl)cc(-c2cn(-c3ccc(N4CCN(CC5CCN(c6ccc(C7CCC(=O)NC7=O)cn6)CC5)CC4)cc3)nc2-c2ccncc2)c1F. The number of amides is 2. The van der Waals surface area contributed by atoms with Crippen molar-refractivity contribution in [3.05, 3.63) is 102 Å². The Bertz CT molecular complexity index is 2440. The molecule has 60 heavy (non-hydrogen) atoms. The second-order valence-corrected chi connectivity index (χ2v) is 17.8. The minimum absolute atomic E-state index is 0.104. The van der Waals surface area contributed by atoms with Crippen molar-refractivity contribution in [2.24, 2.45) is 5.92 Å². The fourth-order valence-electron chi connectivity index (χ4n) is 8.19. The highest BCUT2D eigenvalue weighted by atomic mass is 35.5. The van der Waals surface area contributed by atoms with Crippen LogP contribution < -0.4 is 19.8 Å². The van der Waals surface area contributed by atoms with Gasteiger partial charge in [0.2, 0.25) is 11.8 Å². The van der Waals surface area contributed by atoms with Gasteiger partial charge in [-0.1, -0.05) is 24.6 Å². The number of anilines is 3. The fourth-order valence-corrected chi connectivity index (χ4v) is 9.33. The molecule has 3 fully saturated rings. The molecule has 3 aliphatic heterocycles. The first kappa shape index (κ1) is 41.3. The molecule has 1 atom stereocenters. The number of aromatic nitrogens is 4. The van der Waals surface area contributed by atoms with Gasteiger partial charge in [-0.3, -0.25) is 29.5 Å². The van der Waals surface area contributed by atoms with Gasteiger partial charge in [-0.15, -0.1) is 0 Å². The van der Waals surface area contributed by atoms with E-state index >= 15 is 4.39 Å². The first-order chi connectivity index (χ1) is 28.9. The Morgan fingerprint density at radius 2 is 1.62 bits per heavy atom. The average Bonchev–Trinajstić information content (AvgIpc) is 3.71. The van der Waals surface area contributed by atoms with E-state index in [1.165, 1.54) is 19.2 Å². The number of imide groups is 1. The molecule has 0 saturated carbocycles. The van der Waals surface area contributed by atoms with Gasteiger partial charge in [-0.2, -0.15) is 17.8 Å². The van der Waals surface area contributed by atoms with Crippen LogP contribution in [0.5, 0.6) is 0 Å². The molecule has 0 spiro atoms. The molecule has 0 radical (unpaired) electrons. The quantitative estimate of drug-likeness (QED) is 0.144. The van der Waals surface area contributed by atoms with E-state index in [1.54, 1.807) is 48.5 Å². The molecule has 3 saturated heterocycles. The van der Waals surface area contributed by atoms with Gasteiger partial charge in [0, 0.05) is 118 Å². The summed E-state index contributed by atoms with van der Waals surface area (Å²) < 4.78 is 47.0. The van der Waals surface area contributed by atoms with Crippen molar-refractivity contribution < 1.29 is 22.4 Å². The second-order valence-electron chi connectivity index (χ2n) is 15.6. The van der Waals surface area contributed by atoms with Crippen LogP contribution in [0.3, 0.4) is 0 Å². The van der Waals surface area contributed by atoms with Crippen molar-refractivity contribution in [1.82, 2.24) is 34.3 Å². The molecule has 3 aromatic heterocycles. The molecule has 0 aliphatic carbocycles. The lowest BCUT2D eigenvalue weighted by atomic mass is 9.91. The molecule has 6 heterocycles.